The summed E-state index contributed by atoms with van der Waals surface area (Å²) in [6.45, 7) is 5.20. The fourth-order valence-corrected chi connectivity index (χ4v) is 1.90. The van der Waals surface area contributed by atoms with Crippen LogP contribution in [0.3, 0.4) is 0 Å². The molecule has 6 heteroatoms. The van der Waals surface area contributed by atoms with E-state index in [1.165, 1.54) is 4.90 Å². The monoisotopic (exact) mass is 258 g/mol. The second-order valence-corrected chi connectivity index (χ2v) is 5.23. The third kappa shape index (κ3) is 2.93. The van der Waals surface area contributed by atoms with E-state index in [4.69, 9.17) is 4.74 Å². The van der Waals surface area contributed by atoms with Crippen LogP contribution in [0.4, 0.5) is 4.79 Å². The summed E-state index contributed by atoms with van der Waals surface area (Å²) in [5.74, 6) is -1.07. The van der Waals surface area contributed by atoms with Crippen molar-refractivity contribution in [1.29, 1.82) is 0 Å². The molecule has 1 amide bonds. The molecule has 1 aliphatic heterocycles. The zero-order chi connectivity index (χ0) is 14.0. The summed E-state index contributed by atoms with van der Waals surface area (Å²) in [4.78, 5) is 23.1. The largest absolute Gasteiger partial charge is 0.550 e. The number of rotatable bonds is 6. The topological polar surface area (TPSA) is 89.9 Å². The summed E-state index contributed by atoms with van der Waals surface area (Å²) < 4.78 is 5.10. The minimum atomic E-state index is -1.35. The lowest BCUT2D eigenvalue weighted by atomic mass is 9.96. The fraction of sp³-hybridized carbons (Fsp3) is 0.833. The summed E-state index contributed by atoms with van der Waals surface area (Å²) in [6, 6.07) is 0. The number of aliphatic carboxylic acids is 1. The Balaban J connectivity index is 2.42. The van der Waals surface area contributed by atoms with Gasteiger partial charge in [-0.3, -0.25) is 4.90 Å². The van der Waals surface area contributed by atoms with Gasteiger partial charge in [-0.25, -0.2) is 4.79 Å². The second kappa shape index (κ2) is 5.14. The lowest BCUT2D eigenvalue weighted by Gasteiger charge is -2.34. The smallest absolute Gasteiger partial charge is 0.412 e. The van der Waals surface area contributed by atoms with Crippen molar-refractivity contribution in [3.8, 4) is 0 Å². The lowest BCUT2D eigenvalue weighted by Crippen LogP contribution is -2.53. The first-order valence-corrected chi connectivity index (χ1v) is 6.11. The number of aliphatic hydroxyl groups is 1. The molecule has 0 aromatic heterocycles. The van der Waals surface area contributed by atoms with Crippen LogP contribution >= 0.6 is 0 Å². The summed E-state index contributed by atoms with van der Waals surface area (Å²) in [7, 11) is 0. The van der Waals surface area contributed by atoms with Crippen molar-refractivity contribution in [2.24, 2.45) is 0 Å². The zero-order valence-corrected chi connectivity index (χ0v) is 11.1. The first-order valence-electron chi connectivity index (χ1n) is 6.11. The minimum Gasteiger partial charge on any atom is -0.550 e. The van der Waals surface area contributed by atoms with Crippen LogP contribution in [0.1, 0.15) is 46.5 Å². The highest BCUT2D eigenvalue weighted by Gasteiger charge is 2.56. The molecular formula is C12H20NO5-. The second-order valence-electron chi connectivity index (χ2n) is 5.23. The Labute approximate surface area is 107 Å². The molecule has 0 saturated carbocycles. The van der Waals surface area contributed by atoms with E-state index in [0.29, 0.717) is 25.8 Å². The number of carbonyl (C=O) groups is 2. The van der Waals surface area contributed by atoms with Gasteiger partial charge in [0.05, 0.1) is 0 Å². The average molecular weight is 258 g/mol. The van der Waals surface area contributed by atoms with E-state index < -0.39 is 23.4 Å². The Kier molecular flexibility index (Phi) is 4.21. The van der Waals surface area contributed by atoms with Gasteiger partial charge in [0, 0.05) is 12.5 Å². The van der Waals surface area contributed by atoms with Crippen LogP contribution in [-0.2, 0) is 9.53 Å². The van der Waals surface area contributed by atoms with Gasteiger partial charge in [-0.15, -0.1) is 0 Å². The normalized spacial score (nSPS) is 26.2. The van der Waals surface area contributed by atoms with Gasteiger partial charge in [-0.05, 0) is 40.0 Å². The van der Waals surface area contributed by atoms with Gasteiger partial charge in [0.25, 0.3) is 0 Å². The Bertz CT molecular complexity index is 337. The van der Waals surface area contributed by atoms with E-state index in [-0.39, 0.29) is 6.42 Å². The molecule has 0 bridgehead atoms. The molecule has 1 rings (SSSR count). The van der Waals surface area contributed by atoms with Gasteiger partial charge < -0.3 is 19.7 Å². The van der Waals surface area contributed by atoms with Crippen LogP contribution in [-0.4, -0.2) is 39.9 Å². The van der Waals surface area contributed by atoms with Gasteiger partial charge in [0.15, 0.2) is 11.3 Å². The van der Waals surface area contributed by atoms with E-state index in [9.17, 15) is 19.8 Å². The zero-order valence-electron chi connectivity index (χ0n) is 11.1. The van der Waals surface area contributed by atoms with Crippen molar-refractivity contribution in [2.45, 2.75) is 57.8 Å². The average Bonchev–Trinajstić information content (AvgIpc) is 2.34. The number of carboxylic acids is 1. The molecule has 0 spiro atoms. The molecule has 1 aliphatic rings. The van der Waals surface area contributed by atoms with Gasteiger partial charge in [-0.1, -0.05) is 6.42 Å². The van der Waals surface area contributed by atoms with Crippen LogP contribution < -0.4 is 5.11 Å². The van der Waals surface area contributed by atoms with Gasteiger partial charge >= 0.3 is 6.09 Å². The number of amides is 1. The SMILES string of the molecule is CC1(C)OC(=O)N(CCCCCC(=O)[O-])[C@]1(C)O. The molecule has 0 radical (unpaired) electrons. The molecule has 18 heavy (non-hydrogen) atoms. The molecular weight excluding hydrogens is 238 g/mol. The predicted octanol–water partition coefficient (Wildman–Crippen LogP) is 0.236. The maximum atomic E-state index is 11.6. The van der Waals surface area contributed by atoms with E-state index >= 15 is 0 Å². The van der Waals surface area contributed by atoms with Gasteiger partial charge in [-0.2, -0.15) is 0 Å². The fourth-order valence-electron chi connectivity index (χ4n) is 1.90. The molecule has 0 aromatic rings. The maximum absolute atomic E-state index is 11.6. The van der Waals surface area contributed by atoms with Crippen molar-refractivity contribution in [3.05, 3.63) is 0 Å². The number of nitrogens with zero attached hydrogens (tertiary/aromatic N) is 1. The minimum absolute atomic E-state index is 0.0202. The van der Waals surface area contributed by atoms with Crippen LogP contribution in [0.15, 0.2) is 0 Å². The maximum Gasteiger partial charge on any atom is 0.412 e. The molecule has 0 aromatic carbocycles. The number of cyclic esters (lactones) is 1. The number of carboxylic acid groups (broad SMARTS) is 1. The lowest BCUT2D eigenvalue weighted by molar-refractivity contribution is -0.305. The van der Waals surface area contributed by atoms with Crippen LogP contribution in [0.5, 0.6) is 0 Å². The summed E-state index contributed by atoms with van der Waals surface area (Å²) in [5, 5.41) is 20.5. The van der Waals surface area contributed by atoms with E-state index in [0.717, 1.165) is 0 Å². The van der Waals surface area contributed by atoms with Gasteiger partial charge in [0.1, 0.15) is 0 Å². The Morgan fingerprint density at radius 3 is 2.39 bits per heavy atom. The van der Waals surface area contributed by atoms with Crippen molar-refractivity contribution < 1.29 is 24.5 Å². The Morgan fingerprint density at radius 1 is 1.33 bits per heavy atom. The third-order valence-corrected chi connectivity index (χ3v) is 3.49. The molecule has 6 nitrogen and oxygen atoms in total. The van der Waals surface area contributed by atoms with E-state index in [1.807, 2.05) is 0 Å². The first kappa shape index (κ1) is 14.8. The number of ether oxygens (including phenoxy) is 1. The predicted molar refractivity (Wildman–Crippen MR) is 61.4 cm³/mol. The van der Waals surface area contributed by atoms with Crippen molar-refractivity contribution >= 4 is 12.1 Å². The molecule has 1 heterocycles. The van der Waals surface area contributed by atoms with Crippen LogP contribution in [0, 0.1) is 0 Å². The molecule has 1 N–H and O–H groups in total. The molecule has 0 aliphatic carbocycles. The third-order valence-electron chi connectivity index (χ3n) is 3.49. The van der Waals surface area contributed by atoms with Crippen LogP contribution in [0.25, 0.3) is 0 Å². The number of hydrogen-bond acceptors (Lipinski definition) is 5. The quantitative estimate of drug-likeness (QED) is 0.689. The number of unbranched alkanes of at least 4 members (excludes halogenated alkanes) is 2. The highest BCUT2D eigenvalue weighted by atomic mass is 16.6. The highest BCUT2D eigenvalue weighted by Crippen LogP contribution is 2.36. The highest BCUT2D eigenvalue weighted by molar-refractivity contribution is 5.72. The molecule has 1 atom stereocenters. The molecule has 1 fully saturated rings. The molecule has 1 saturated heterocycles. The number of hydrogen-bond donors (Lipinski definition) is 1. The van der Waals surface area contributed by atoms with Crippen LogP contribution in [0.2, 0.25) is 0 Å². The van der Waals surface area contributed by atoms with Gasteiger partial charge in [0.2, 0.25) is 0 Å². The Hall–Kier alpha value is -1.30. The van der Waals surface area contributed by atoms with E-state index in [2.05, 4.69) is 0 Å². The molecule has 104 valence electrons. The van der Waals surface area contributed by atoms with Crippen molar-refractivity contribution in [3.63, 3.8) is 0 Å². The van der Waals surface area contributed by atoms with Crippen molar-refractivity contribution in [2.75, 3.05) is 6.54 Å². The standard InChI is InChI=1S/C12H21NO5/c1-11(2)12(3,17)13(10(16)18-11)8-6-4-5-7-9(14)15/h17H,4-8H2,1-3H3,(H,14,15)/p-1/t12-/m1/s1. The first-order chi connectivity index (χ1) is 8.18. The Morgan fingerprint density at radius 2 is 1.94 bits per heavy atom. The number of carbonyl (C=O) groups excluding carboxylic acids is 2. The summed E-state index contributed by atoms with van der Waals surface area (Å²) >= 11 is 0. The van der Waals surface area contributed by atoms with E-state index in [1.54, 1.807) is 20.8 Å². The van der Waals surface area contributed by atoms with Crippen molar-refractivity contribution in [1.82, 2.24) is 4.90 Å². The summed E-state index contributed by atoms with van der Waals surface area (Å²) in [5.41, 5.74) is -2.30. The summed E-state index contributed by atoms with van der Waals surface area (Å²) in [6.07, 6.45) is 1.27. The molecule has 0 unspecified atom stereocenters.